The lowest BCUT2D eigenvalue weighted by molar-refractivity contribution is 0.0351. The van der Waals surface area contributed by atoms with Crippen molar-refractivity contribution < 1.29 is 9.53 Å². The van der Waals surface area contributed by atoms with E-state index in [4.69, 9.17) is 4.74 Å². The average Bonchev–Trinajstić information content (AvgIpc) is 3.58. The summed E-state index contributed by atoms with van der Waals surface area (Å²) in [5.74, 6) is 0.683. The molecule has 0 spiro atoms. The Bertz CT molecular complexity index is 973. The number of nitrogens with zero attached hydrogens (tertiary/aromatic N) is 3. The van der Waals surface area contributed by atoms with E-state index >= 15 is 0 Å². The zero-order valence-electron chi connectivity index (χ0n) is 18.0. The van der Waals surface area contributed by atoms with Crippen LogP contribution in [0, 0.1) is 5.92 Å². The Morgan fingerprint density at radius 3 is 2.40 bits per heavy atom. The minimum Gasteiger partial charge on any atom is -0.381 e. The van der Waals surface area contributed by atoms with Gasteiger partial charge < -0.3 is 9.64 Å². The number of benzene rings is 1. The predicted molar refractivity (Wildman–Crippen MR) is 117 cm³/mol. The van der Waals surface area contributed by atoms with Crippen LogP contribution in [-0.4, -0.2) is 46.2 Å². The number of imidazole rings is 1. The van der Waals surface area contributed by atoms with Crippen LogP contribution in [0.4, 0.5) is 0 Å². The van der Waals surface area contributed by atoms with Gasteiger partial charge in [-0.1, -0.05) is 19.3 Å². The van der Waals surface area contributed by atoms with E-state index in [1.165, 1.54) is 32.1 Å². The Hall–Kier alpha value is -2.08. The van der Waals surface area contributed by atoms with Gasteiger partial charge in [0.2, 0.25) is 0 Å². The minimum atomic E-state index is 0.0716. The molecule has 5 rings (SSSR count). The third kappa shape index (κ3) is 3.70. The largest absolute Gasteiger partial charge is 0.381 e. The van der Waals surface area contributed by atoms with Crippen LogP contribution < -0.4 is 5.69 Å². The number of carbonyl (C=O) groups excluding carboxylic acids is 1. The molecule has 6 nitrogen and oxygen atoms in total. The summed E-state index contributed by atoms with van der Waals surface area (Å²) in [4.78, 5) is 28.5. The van der Waals surface area contributed by atoms with E-state index in [9.17, 15) is 9.59 Å². The molecule has 1 saturated heterocycles. The van der Waals surface area contributed by atoms with Gasteiger partial charge in [0.05, 0.1) is 17.1 Å². The summed E-state index contributed by atoms with van der Waals surface area (Å²) in [6, 6.07) is 6.21. The molecule has 2 saturated carbocycles. The Kier molecular flexibility index (Phi) is 5.44. The molecule has 0 N–H and O–H groups in total. The first-order chi connectivity index (χ1) is 14.7. The van der Waals surface area contributed by atoms with E-state index in [-0.39, 0.29) is 17.7 Å². The second-order valence-electron chi connectivity index (χ2n) is 9.43. The maximum Gasteiger partial charge on any atom is 0.329 e. The highest BCUT2D eigenvalue weighted by Gasteiger charge is 2.29. The molecule has 6 heteroatoms. The van der Waals surface area contributed by atoms with Gasteiger partial charge >= 0.3 is 5.69 Å². The van der Waals surface area contributed by atoms with E-state index < -0.39 is 0 Å². The molecule has 2 aromatic rings. The van der Waals surface area contributed by atoms with Crippen molar-refractivity contribution in [3.63, 3.8) is 0 Å². The van der Waals surface area contributed by atoms with Gasteiger partial charge in [-0.2, -0.15) is 0 Å². The Morgan fingerprint density at radius 1 is 1.00 bits per heavy atom. The minimum absolute atomic E-state index is 0.0716. The summed E-state index contributed by atoms with van der Waals surface area (Å²) < 4.78 is 9.43. The van der Waals surface area contributed by atoms with Crippen molar-refractivity contribution in [1.29, 1.82) is 0 Å². The van der Waals surface area contributed by atoms with Gasteiger partial charge in [0, 0.05) is 38.3 Å². The number of methoxy groups -OCH3 is 1. The number of aromatic nitrogens is 2. The number of likely N-dealkylation sites (tertiary alicyclic amines) is 1. The molecule has 1 aliphatic heterocycles. The Balaban J connectivity index is 1.49. The van der Waals surface area contributed by atoms with Crippen LogP contribution in [-0.2, 0) is 11.3 Å². The quantitative estimate of drug-likeness (QED) is 0.748. The van der Waals surface area contributed by atoms with Gasteiger partial charge in [-0.25, -0.2) is 4.79 Å². The standard InChI is InChI=1S/C24H33N3O3/c1-30-20-11-13-25(14-12-20)23(28)18-9-10-21-22(15-18)26(16-17-7-8-17)24(29)27(21)19-5-3-2-4-6-19/h9-10,15,17,19-20H,2-8,11-14,16H2,1H3. The number of piperidine rings is 1. The molecule has 3 aliphatic rings. The van der Waals surface area contributed by atoms with Crippen molar-refractivity contribution in [3.05, 3.63) is 34.2 Å². The molecule has 0 bridgehead atoms. The molecule has 30 heavy (non-hydrogen) atoms. The van der Waals surface area contributed by atoms with Crippen molar-refractivity contribution in [2.45, 2.75) is 76.5 Å². The summed E-state index contributed by atoms with van der Waals surface area (Å²) >= 11 is 0. The van der Waals surface area contributed by atoms with Crippen molar-refractivity contribution in [3.8, 4) is 0 Å². The summed E-state index contributed by atoms with van der Waals surface area (Å²) in [6.45, 7) is 2.24. The number of rotatable bonds is 5. The van der Waals surface area contributed by atoms with E-state index in [0.717, 1.165) is 56.4 Å². The number of ether oxygens (including phenoxy) is 1. The van der Waals surface area contributed by atoms with E-state index in [2.05, 4.69) is 0 Å². The van der Waals surface area contributed by atoms with Crippen LogP contribution in [0.2, 0.25) is 0 Å². The van der Waals surface area contributed by atoms with Crippen LogP contribution in [0.5, 0.6) is 0 Å². The van der Waals surface area contributed by atoms with Gasteiger partial charge in [-0.15, -0.1) is 0 Å². The molecule has 2 heterocycles. The van der Waals surface area contributed by atoms with Crippen molar-refractivity contribution in [2.75, 3.05) is 20.2 Å². The Morgan fingerprint density at radius 2 is 1.73 bits per heavy atom. The Labute approximate surface area is 177 Å². The third-order valence-electron chi connectivity index (χ3n) is 7.35. The third-order valence-corrected chi connectivity index (χ3v) is 7.35. The normalized spacial score (nSPS) is 21.4. The van der Waals surface area contributed by atoms with Crippen LogP contribution in [0.1, 0.15) is 74.2 Å². The SMILES string of the molecule is COC1CCN(C(=O)c2ccc3c(c2)n(CC2CC2)c(=O)n3C2CCCCC2)CC1. The van der Waals surface area contributed by atoms with Crippen LogP contribution in [0.15, 0.2) is 23.0 Å². The lowest BCUT2D eigenvalue weighted by atomic mass is 9.95. The summed E-state index contributed by atoms with van der Waals surface area (Å²) in [5.41, 5.74) is 2.76. The highest BCUT2D eigenvalue weighted by Crippen LogP contribution is 2.34. The van der Waals surface area contributed by atoms with Gasteiger partial charge in [0.1, 0.15) is 0 Å². The van der Waals surface area contributed by atoms with Crippen LogP contribution in [0.25, 0.3) is 11.0 Å². The monoisotopic (exact) mass is 411 g/mol. The maximum atomic E-state index is 13.4. The molecule has 2 aliphatic carbocycles. The summed E-state index contributed by atoms with van der Waals surface area (Å²) in [5, 5.41) is 0. The van der Waals surface area contributed by atoms with E-state index in [1.807, 2.05) is 32.2 Å². The first kappa shape index (κ1) is 19.9. The van der Waals surface area contributed by atoms with Gasteiger partial charge in [-0.3, -0.25) is 13.9 Å². The maximum absolute atomic E-state index is 13.4. The fraction of sp³-hybridized carbons (Fsp3) is 0.667. The van der Waals surface area contributed by atoms with Gasteiger partial charge in [0.15, 0.2) is 0 Å². The molecular weight excluding hydrogens is 378 g/mol. The molecule has 0 radical (unpaired) electrons. The second-order valence-corrected chi connectivity index (χ2v) is 9.43. The zero-order chi connectivity index (χ0) is 20.7. The molecule has 3 fully saturated rings. The van der Waals surface area contributed by atoms with E-state index in [1.54, 1.807) is 7.11 Å². The zero-order valence-corrected chi connectivity index (χ0v) is 18.0. The first-order valence-corrected chi connectivity index (χ1v) is 11.7. The van der Waals surface area contributed by atoms with Crippen LogP contribution in [0.3, 0.4) is 0 Å². The fourth-order valence-electron chi connectivity index (χ4n) is 5.32. The first-order valence-electron chi connectivity index (χ1n) is 11.7. The number of fused-ring (bicyclic) bond motifs is 1. The summed E-state index contributed by atoms with van der Waals surface area (Å²) in [6.07, 6.45) is 10.2. The lowest BCUT2D eigenvalue weighted by Crippen LogP contribution is -2.40. The number of amides is 1. The smallest absolute Gasteiger partial charge is 0.329 e. The van der Waals surface area contributed by atoms with Gasteiger partial charge in [0.25, 0.3) is 5.91 Å². The van der Waals surface area contributed by atoms with Crippen molar-refractivity contribution in [2.24, 2.45) is 5.92 Å². The molecular formula is C24H33N3O3. The molecule has 162 valence electrons. The molecule has 0 unspecified atom stereocenters. The number of hydrogen-bond acceptors (Lipinski definition) is 3. The average molecular weight is 412 g/mol. The number of carbonyl (C=O) groups is 1. The highest BCUT2D eigenvalue weighted by atomic mass is 16.5. The number of hydrogen-bond donors (Lipinski definition) is 0. The molecule has 0 atom stereocenters. The van der Waals surface area contributed by atoms with E-state index in [0.29, 0.717) is 17.5 Å². The predicted octanol–water partition coefficient (Wildman–Crippen LogP) is 3.97. The van der Waals surface area contributed by atoms with Gasteiger partial charge in [-0.05, 0) is 62.6 Å². The van der Waals surface area contributed by atoms with Crippen LogP contribution >= 0.6 is 0 Å². The molecule has 1 aromatic heterocycles. The highest BCUT2D eigenvalue weighted by molar-refractivity contribution is 5.97. The van der Waals surface area contributed by atoms with Crippen molar-refractivity contribution in [1.82, 2.24) is 14.0 Å². The topological polar surface area (TPSA) is 56.5 Å². The fourth-order valence-corrected chi connectivity index (χ4v) is 5.32. The second kappa shape index (κ2) is 8.22. The van der Waals surface area contributed by atoms with Crippen molar-refractivity contribution >= 4 is 16.9 Å². The summed E-state index contributed by atoms with van der Waals surface area (Å²) in [7, 11) is 1.74. The molecule has 1 amide bonds. The molecule has 1 aromatic carbocycles. The lowest BCUT2D eigenvalue weighted by Gasteiger charge is -2.31.